The Hall–Kier alpha value is -1.06. The first-order chi connectivity index (χ1) is 8.22. The molecular weight excluding hydrogens is 212 g/mol. The van der Waals surface area contributed by atoms with Gasteiger partial charge in [-0.05, 0) is 42.4 Å². The van der Waals surface area contributed by atoms with Crippen molar-refractivity contribution < 1.29 is 5.11 Å². The summed E-state index contributed by atoms with van der Waals surface area (Å²) < 4.78 is 0. The SMILES string of the molecule is NC1CCC2CN(Cc3cccc(O)c3)CC12. The van der Waals surface area contributed by atoms with Crippen molar-refractivity contribution in [3.8, 4) is 5.75 Å². The third-order valence-electron chi connectivity index (χ3n) is 4.30. The molecule has 0 bridgehead atoms. The van der Waals surface area contributed by atoms with Gasteiger partial charge in [0.15, 0.2) is 0 Å². The van der Waals surface area contributed by atoms with Crippen molar-refractivity contribution in [2.75, 3.05) is 13.1 Å². The molecule has 1 heterocycles. The Bertz CT molecular complexity index is 407. The van der Waals surface area contributed by atoms with Crippen LogP contribution >= 0.6 is 0 Å². The predicted octanol–water partition coefficient (Wildman–Crippen LogP) is 1.56. The Morgan fingerprint density at radius 3 is 2.94 bits per heavy atom. The average Bonchev–Trinajstić information content (AvgIpc) is 2.82. The van der Waals surface area contributed by atoms with Crippen molar-refractivity contribution in [3.05, 3.63) is 29.8 Å². The lowest BCUT2D eigenvalue weighted by molar-refractivity contribution is 0.298. The second kappa shape index (κ2) is 4.31. The molecule has 1 aromatic rings. The van der Waals surface area contributed by atoms with Crippen LogP contribution < -0.4 is 5.73 Å². The summed E-state index contributed by atoms with van der Waals surface area (Å²) in [6, 6.07) is 7.97. The van der Waals surface area contributed by atoms with Gasteiger partial charge in [0.25, 0.3) is 0 Å². The summed E-state index contributed by atoms with van der Waals surface area (Å²) in [5, 5.41) is 9.45. The molecule has 0 radical (unpaired) electrons. The molecule has 1 saturated heterocycles. The molecule has 1 aliphatic heterocycles. The number of phenolic OH excluding ortho intramolecular Hbond substituents is 1. The molecule has 1 aromatic carbocycles. The van der Waals surface area contributed by atoms with Gasteiger partial charge < -0.3 is 10.8 Å². The van der Waals surface area contributed by atoms with Gasteiger partial charge in [0.2, 0.25) is 0 Å². The van der Waals surface area contributed by atoms with E-state index in [0.29, 0.717) is 17.7 Å². The molecule has 2 fully saturated rings. The van der Waals surface area contributed by atoms with Gasteiger partial charge in [0.05, 0.1) is 0 Å². The van der Waals surface area contributed by atoms with E-state index < -0.39 is 0 Å². The molecule has 3 rings (SSSR count). The van der Waals surface area contributed by atoms with Crippen LogP contribution in [0, 0.1) is 11.8 Å². The summed E-state index contributed by atoms with van der Waals surface area (Å²) in [5.41, 5.74) is 7.33. The van der Waals surface area contributed by atoms with E-state index in [9.17, 15) is 5.11 Å². The topological polar surface area (TPSA) is 49.5 Å². The van der Waals surface area contributed by atoms with E-state index in [1.54, 1.807) is 6.07 Å². The van der Waals surface area contributed by atoms with E-state index in [1.165, 1.54) is 24.9 Å². The summed E-state index contributed by atoms with van der Waals surface area (Å²) in [5.74, 6) is 1.87. The molecule has 92 valence electrons. The van der Waals surface area contributed by atoms with Crippen LogP contribution in [0.1, 0.15) is 18.4 Å². The third kappa shape index (κ3) is 2.17. The van der Waals surface area contributed by atoms with Crippen LogP contribution in [0.3, 0.4) is 0 Å². The maximum absolute atomic E-state index is 9.45. The maximum atomic E-state index is 9.45. The second-order valence-corrected chi connectivity index (χ2v) is 5.53. The monoisotopic (exact) mass is 232 g/mol. The molecule has 3 atom stereocenters. The lowest BCUT2D eigenvalue weighted by atomic mass is 9.98. The summed E-state index contributed by atoms with van der Waals surface area (Å²) in [7, 11) is 0. The lowest BCUT2D eigenvalue weighted by Gasteiger charge is -2.18. The van der Waals surface area contributed by atoms with Crippen LogP contribution in [0.25, 0.3) is 0 Å². The molecule has 17 heavy (non-hydrogen) atoms. The number of hydrogen-bond donors (Lipinski definition) is 2. The number of nitrogens with zero attached hydrogens (tertiary/aromatic N) is 1. The first-order valence-electron chi connectivity index (χ1n) is 6.48. The first-order valence-corrected chi connectivity index (χ1v) is 6.48. The highest BCUT2D eigenvalue weighted by atomic mass is 16.3. The fraction of sp³-hybridized carbons (Fsp3) is 0.571. The Morgan fingerprint density at radius 1 is 1.29 bits per heavy atom. The first kappa shape index (κ1) is 11.1. The van der Waals surface area contributed by atoms with E-state index in [4.69, 9.17) is 5.73 Å². The summed E-state index contributed by atoms with van der Waals surface area (Å²) in [6.07, 6.45) is 2.50. The summed E-state index contributed by atoms with van der Waals surface area (Å²) in [4.78, 5) is 2.48. The molecule has 1 aliphatic carbocycles. The third-order valence-corrected chi connectivity index (χ3v) is 4.30. The number of hydrogen-bond acceptors (Lipinski definition) is 3. The Morgan fingerprint density at radius 2 is 2.18 bits per heavy atom. The van der Waals surface area contributed by atoms with Gasteiger partial charge >= 0.3 is 0 Å². The van der Waals surface area contributed by atoms with Crippen LogP contribution in [0.5, 0.6) is 5.75 Å². The number of fused-ring (bicyclic) bond motifs is 1. The molecule has 1 saturated carbocycles. The van der Waals surface area contributed by atoms with Crippen molar-refractivity contribution >= 4 is 0 Å². The van der Waals surface area contributed by atoms with Crippen molar-refractivity contribution in [1.82, 2.24) is 4.90 Å². The minimum Gasteiger partial charge on any atom is -0.508 e. The number of benzene rings is 1. The molecule has 0 aromatic heterocycles. The fourth-order valence-electron chi connectivity index (χ4n) is 3.44. The standard InChI is InChI=1S/C14H20N2O/c15-14-5-4-11-8-16(9-13(11)14)7-10-2-1-3-12(17)6-10/h1-3,6,11,13-14,17H,4-5,7-9,15H2. The zero-order valence-corrected chi connectivity index (χ0v) is 10.0. The number of aromatic hydroxyl groups is 1. The Balaban J connectivity index is 1.64. The normalized spacial score (nSPS) is 32.9. The van der Waals surface area contributed by atoms with Crippen molar-refractivity contribution in [2.45, 2.75) is 25.4 Å². The van der Waals surface area contributed by atoms with E-state index in [-0.39, 0.29) is 0 Å². The van der Waals surface area contributed by atoms with Gasteiger partial charge in [0, 0.05) is 25.7 Å². The zero-order valence-electron chi connectivity index (χ0n) is 10.0. The quantitative estimate of drug-likeness (QED) is 0.813. The van der Waals surface area contributed by atoms with E-state index in [0.717, 1.165) is 19.0 Å². The van der Waals surface area contributed by atoms with Gasteiger partial charge in [-0.3, -0.25) is 4.90 Å². The van der Waals surface area contributed by atoms with Gasteiger partial charge in [-0.15, -0.1) is 0 Å². The van der Waals surface area contributed by atoms with Crippen molar-refractivity contribution in [3.63, 3.8) is 0 Å². The van der Waals surface area contributed by atoms with Gasteiger partial charge in [-0.1, -0.05) is 12.1 Å². The van der Waals surface area contributed by atoms with Crippen LogP contribution in [0.15, 0.2) is 24.3 Å². The van der Waals surface area contributed by atoms with Crippen molar-refractivity contribution in [1.29, 1.82) is 0 Å². The molecule has 0 spiro atoms. The minimum absolute atomic E-state index is 0.360. The fourth-order valence-corrected chi connectivity index (χ4v) is 3.44. The molecule has 3 nitrogen and oxygen atoms in total. The smallest absolute Gasteiger partial charge is 0.115 e. The maximum Gasteiger partial charge on any atom is 0.115 e. The van der Waals surface area contributed by atoms with Gasteiger partial charge in [-0.2, -0.15) is 0 Å². The van der Waals surface area contributed by atoms with Crippen LogP contribution in [-0.2, 0) is 6.54 Å². The van der Waals surface area contributed by atoms with Crippen molar-refractivity contribution in [2.24, 2.45) is 17.6 Å². The van der Waals surface area contributed by atoms with E-state index in [1.807, 2.05) is 12.1 Å². The van der Waals surface area contributed by atoms with E-state index >= 15 is 0 Å². The molecule has 3 heteroatoms. The Labute approximate surface area is 102 Å². The number of likely N-dealkylation sites (tertiary alicyclic amines) is 1. The highest BCUT2D eigenvalue weighted by Gasteiger charge is 2.40. The molecule has 0 amide bonds. The van der Waals surface area contributed by atoms with Crippen LogP contribution in [0.2, 0.25) is 0 Å². The zero-order chi connectivity index (χ0) is 11.8. The molecule has 2 aliphatic rings. The number of nitrogens with two attached hydrogens (primary N) is 1. The molecule has 3 unspecified atom stereocenters. The largest absolute Gasteiger partial charge is 0.508 e. The second-order valence-electron chi connectivity index (χ2n) is 5.53. The highest BCUT2D eigenvalue weighted by Crippen LogP contribution is 2.37. The van der Waals surface area contributed by atoms with Crippen LogP contribution in [-0.4, -0.2) is 29.1 Å². The number of phenols is 1. The van der Waals surface area contributed by atoms with E-state index in [2.05, 4.69) is 11.0 Å². The predicted molar refractivity (Wildman–Crippen MR) is 67.6 cm³/mol. The average molecular weight is 232 g/mol. The summed E-state index contributed by atoms with van der Waals surface area (Å²) >= 11 is 0. The summed E-state index contributed by atoms with van der Waals surface area (Å²) in [6.45, 7) is 3.24. The van der Waals surface area contributed by atoms with Gasteiger partial charge in [-0.25, -0.2) is 0 Å². The van der Waals surface area contributed by atoms with Crippen LogP contribution in [0.4, 0.5) is 0 Å². The minimum atomic E-state index is 0.360. The number of rotatable bonds is 2. The van der Waals surface area contributed by atoms with Gasteiger partial charge in [0.1, 0.15) is 5.75 Å². The lowest BCUT2D eigenvalue weighted by Crippen LogP contribution is -2.30. The molecule has 3 N–H and O–H groups in total. The Kier molecular flexibility index (Phi) is 2.81. The molecular formula is C14H20N2O. The highest BCUT2D eigenvalue weighted by molar-refractivity contribution is 5.27.